The number of alkyl halides is 6. The van der Waals surface area contributed by atoms with Gasteiger partial charge in [-0.15, -0.1) is 0 Å². The predicted molar refractivity (Wildman–Crippen MR) is 98.9 cm³/mol. The number of nitriles is 1. The molecule has 0 heterocycles. The van der Waals surface area contributed by atoms with Crippen molar-refractivity contribution in [2.24, 2.45) is 0 Å². The van der Waals surface area contributed by atoms with Crippen LogP contribution in [-0.2, 0) is 17.1 Å². The molecule has 0 unspecified atom stereocenters. The number of anilines is 2. The molecule has 0 aliphatic rings. The van der Waals surface area contributed by atoms with Gasteiger partial charge in [0.2, 0.25) is 0 Å². The number of hydrogen-bond acceptors (Lipinski definition) is 3. The Morgan fingerprint density at radius 1 is 0.967 bits per heavy atom. The van der Waals surface area contributed by atoms with E-state index in [1.807, 2.05) is 0 Å². The Morgan fingerprint density at radius 2 is 1.53 bits per heavy atom. The smallest absolute Gasteiger partial charge is 0.360 e. The minimum Gasteiger partial charge on any atom is -0.360 e. The van der Waals surface area contributed by atoms with E-state index < -0.39 is 40.6 Å². The van der Waals surface area contributed by atoms with Gasteiger partial charge in [-0.1, -0.05) is 23.2 Å². The van der Waals surface area contributed by atoms with Crippen molar-refractivity contribution in [3.63, 3.8) is 0 Å². The SMILES string of the molecule is N#C/C(=C/Nc1cc(C(F)(F)F)cc(C(F)(F)F)c1)C(=O)Nc1cc(Cl)ccc1Cl. The third-order valence-corrected chi connectivity index (χ3v) is 4.08. The molecule has 2 aromatic rings. The van der Waals surface area contributed by atoms with Gasteiger partial charge in [0.05, 0.1) is 21.8 Å². The minimum absolute atomic E-state index is 0.0477. The number of rotatable bonds is 4. The molecular formula is C18H9Cl2F6N3O. The van der Waals surface area contributed by atoms with E-state index in [1.165, 1.54) is 24.3 Å². The van der Waals surface area contributed by atoms with Gasteiger partial charge in [0.25, 0.3) is 5.91 Å². The first kappa shape index (κ1) is 23.4. The topological polar surface area (TPSA) is 64.9 Å². The van der Waals surface area contributed by atoms with Crippen LogP contribution in [0.25, 0.3) is 0 Å². The van der Waals surface area contributed by atoms with Crippen LogP contribution < -0.4 is 10.6 Å². The third-order valence-electron chi connectivity index (χ3n) is 3.51. The van der Waals surface area contributed by atoms with Crippen LogP contribution in [0.4, 0.5) is 37.7 Å². The number of nitrogens with one attached hydrogen (secondary N) is 2. The Kier molecular flexibility index (Phi) is 6.90. The summed E-state index contributed by atoms with van der Waals surface area (Å²) >= 11 is 11.6. The third kappa shape index (κ3) is 6.05. The maximum atomic E-state index is 12.9. The molecule has 30 heavy (non-hydrogen) atoms. The number of carbonyl (C=O) groups is 1. The van der Waals surface area contributed by atoms with Gasteiger partial charge in [0.1, 0.15) is 11.6 Å². The maximum Gasteiger partial charge on any atom is 0.416 e. The number of benzene rings is 2. The number of hydrogen-bond donors (Lipinski definition) is 2. The molecule has 4 nitrogen and oxygen atoms in total. The van der Waals surface area contributed by atoms with Crippen LogP contribution in [0.5, 0.6) is 0 Å². The monoisotopic (exact) mass is 467 g/mol. The zero-order valence-electron chi connectivity index (χ0n) is 14.4. The molecule has 0 fully saturated rings. The number of halogens is 8. The minimum atomic E-state index is -5.04. The molecule has 0 saturated heterocycles. The van der Waals surface area contributed by atoms with Crippen molar-refractivity contribution in [3.05, 3.63) is 69.3 Å². The molecule has 0 atom stereocenters. The molecule has 0 spiro atoms. The summed E-state index contributed by atoms with van der Waals surface area (Å²) in [6.07, 6.45) is -9.41. The summed E-state index contributed by atoms with van der Waals surface area (Å²) in [4.78, 5) is 12.2. The fraction of sp³-hybridized carbons (Fsp3) is 0.111. The van der Waals surface area contributed by atoms with E-state index in [0.29, 0.717) is 18.3 Å². The highest BCUT2D eigenvalue weighted by Gasteiger charge is 2.36. The average molecular weight is 468 g/mol. The van der Waals surface area contributed by atoms with Crippen LogP contribution in [0.2, 0.25) is 10.0 Å². The first-order valence-electron chi connectivity index (χ1n) is 7.74. The second-order valence-electron chi connectivity index (χ2n) is 5.69. The largest absolute Gasteiger partial charge is 0.416 e. The summed E-state index contributed by atoms with van der Waals surface area (Å²) in [7, 11) is 0. The summed E-state index contributed by atoms with van der Waals surface area (Å²) in [5, 5.41) is 13.8. The first-order chi connectivity index (χ1) is 13.8. The predicted octanol–water partition coefficient (Wildman–Crippen LogP) is 6.49. The number of nitrogens with zero attached hydrogens (tertiary/aromatic N) is 1. The van der Waals surface area contributed by atoms with E-state index in [0.717, 1.165) is 0 Å². The molecule has 0 aliphatic carbocycles. The van der Waals surface area contributed by atoms with Gasteiger partial charge in [-0.05, 0) is 36.4 Å². The van der Waals surface area contributed by atoms with Gasteiger partial charge < -0.3 is 10.6 Å². The highest BCUT2D eigenvalue weighted by molar-refractivity contribution is 6.36. The fourth-order valence-electron chi connectivity index (χ4n) is 2.13. The molecule has 0 bridgehead atoms. The van der Waals surface area contributed by atoms with Gasteiger partial charge in [0, 0.05) is 16.9 Å². The van der Waals surface area contributed by atoms with Gasteiger partial charge in [-0.2, -0.15) is 31.6 Å². The summed E-state index contributed by atoms with van der Waals surface area (Å²) in [5.41, 5.74) is -4.33. The molecule has 2 aromatic carbocycles. The van der Waals surface area contributed by atoms with Gasteiger partial charge >= 0.3 is 12.4 Å². The van der Waals surface area contributed by atoms with Crippen molar-refractivity contribution in [2.75, 3.05) is 10.6 Å². The molecule has 158 valence electrons. The molecule has 2 N–H and O–H groups in total. The van der Waals surface area contributed by atoms with Crippen LogP contribution in [0.15, 0.2) is 48.2 Å². The molecular weight excluding hydrogens is 459 g/mol. The van der Waals surface area contributed by atoms with Crippen molar-refractivity contribution >= 4 is 40.5 Å². The van der Waals surface area contributed by atoms with Crippen molar-refractivity contribution < 1.29 is 31.1 Å². The van der Waals surface area contributed by atoms with Crippen molar-refractivity contribution in [2.45, 2.75) is 12.4 Å². The van der Waals surface area contributed by atoms with Gasteiger partial charge in [0.15, 0.2) is 0 Å². The maximum absolute atomic E-state index is 12.9. The Labute approximate surface area is 175 Å². The van der Waals surface area contributed by atoms with Crippen LogP contribution in [0.3, 0.4) is 0 Å². The Morgan fingerprint density at radius 3 is 2.03 bits per heavy atom. The lowest BCUT2D eigenvalue weighted by atomic mass is 10.1. The van der Waals surface area contributed by atoms with E-state index in [9.17, 15) is 31.1 Å². The molecule has 2 rings (SSSR count). The van der Waals surface area contributed by atoms with Gasteiger partial charge in [-0.25, -0.2) is 0 Å². The number of amides is 1. The lowest BCUT2D eigenvalue weighted by Gasteiger charge is -2.14. The lowest BCUT2D eigenvalue weighted by molar-refractivity contribution is -0.143. The first-order valence-corrected chi connectivity index (χ1v) is 8.49. The fourth-order valence-corrected chi connectivity index (χ4v) is 2.46. The van der Waals surface area contributed by atoms with Crippen molar-refractivity contribution in [1.29, 1.82) is 5.26 Å². The second kappa shape index (κ2) is 8.85. The second-order valence-corrected chi connectivity index (χ2v) is 6.53. The molecule has 0 aromatic heterocycles. The van der Waals surface area contributed by atoms with Gasteiger partial charge in [-0.3, -0.25) is 4.79 Å². The molecule has 1 amide bonds. The molecule has 0 radical (unpaired) electrons. The Bertz CT molecular complexity index is 1010. The van der Waals surface area contributed by atoms with Crippen LogP contribution in [-0.4, -0.2) is 5.91 Å². The van der Waals surface area contributed by atoms with Crippen LogP contribution in [0, 0.1) is 11.3 Å². The highest BCUT2D eigenvalue weighted by atomic mass is 35.5. The zero-order valence-corrected chi connectivity index (χ0v) is 15.9. The molecule has 0 aliphatic heterocycles. The van der Waals surface area contributed by atoms with E-state index >= 15 is 0 Å². The average Bonchev–Trinajstić information content (AvgIpc) is 2.63. The standard InChI is InChI=1S/C18H9Cl2F6N3O/c19-12-1-2-14(20)15(6-12)29-16(30)9(7-27)8-28-13-4-10(17(21,22)23)3-11(5-13)18(24,25)26/h1-6,8,28H,(H,29,30)/b9-8-. The normalized spacial score (nSPS) is 12.3. The Hall–Kier alpha value is -2.90. The number of carbonyl (C=O) groups excluding carboxylic acids is 1. The Balaban J connectivity index is 2.32. The highest BCUT2D eigenvalue weighted by Crippen LogP contribution is 2.37. The van der Waals surface area contributed by atoms with E-state index in [4.69, 9.17) is 28.5 Å². The zero-order chi connectivity index (χ0) is 22.7. The van der Waals surface area contributed by atoms with E-state index in [2.05, 4.69) is 10.6 Å². The summed E-state index contributed by atoms with van der Waals surface area (Å²) < 4.78 is 77.4. The van der Waals surface area contributed by atoms with E-state index in [1.54, 1.807) is 0 Å². The summed E-state index contributed by atoms with van der Waals surface area (Å²) in [6.45, 7) is 0. The van der Waals surface area contributed by atoms with Crippen molar-refractivity contribution in [1.82, 2.24) is 0 Å². The quantitative estimate of drug-likeness (QED) is 0.307. The van der Waals surface area contributed by atoms with Crippen LogP contribution in [0.1, 0.15) is 11.1 Å². The molecule has 0 saturated carbocycles. The van der Waals surface area contributed by atoms with Crippen molar-refractivity contribution in [3.8, 4) is 6.07 Å². The van der Waals surface area contributed by atoms with E-state index in [-0.39, 0.29) is 21.8 Å². The van der Waals surface area contributed by atoms with Crippen LogP contribution >= 0.6 is 23.2 Å². The summed E-state index contributed by atoms with van der Waals surface area (Å²) in [6, 6.07) is 6.35. The summed E-state index contributed by atoms with van der Waals surface area (Å²) in [5.74, 6) is -1.02. The lowest BCUT2D eigenvalue weighted by Crippen LogP contribution is -2.15. The molecule has 12 heteroatoms.